The molecule has 0 unspecified atom stereocenters. The summed E-state index contributed by atoms with van der Waals surface area (Å²) in [6.45, 7) is 3.29. The highest BCUT2D eigenvalue weighted by Gasteiger charge is 2.33. The van der Waals surface area contributed by atoms with Gasteiger partial charge in [-0.1, -0.05) is 0 Å². The Morgan fingerprint density at radius 1 is 1.29 bits per heavy atom. The van der Waals surface area contributed by atoms with Crippen LogP contribution in [0, 0.1) is 0 Å². The molecule has 0 aromatic carbocycles. The maximum atomic E-state index is 11.1. The molecule has 2 aromatic rings. The topological polar surface area (TPSA) is 78.4 Å². The smallest absolute Gasteiger partial charge is 0.407 e. The number of hydrogen-bond donors (Lipinski definition) is 2. The van der Waals surface area contributed by atoms with Crippen molar-refractivity contribution >= 4 is 33.5 Å². The molecule has 0 bridgehead atoms. The first-order chi connectivity index (χ1) is 11.6. The summed E-state index contributed by atoms with van der Waals surface area (Å²) in [5.74, 6) is 0.922. The van der Waals surface area contributed by atoms with Crippen LogP contribution in [0.15, 0.2) is 6.33 Å². The number of rotatable bonds is 2. The van der Waals surface area contributed by atoms with Gasteiger partial charge in [-0.05, 0) is 51.0 Å². The highest BCUT2D eigenvalue weighted by atomic mass is 32.1. The van der Waals surface area contributed by atoms with Crippen molar-refractivity contribution in [1.29, 1.82) is 0 Å². The molecular formula is C17H22N4O2S. The third kappa shape index (κ3) is 2.70. The van der Waals surface area contributed by atoms with Gasteiger partial charge in [0.05, 0.1) is 5.39 Å². The Kier molecular flexibility index (Phi) is 3.83. The zero-order chi connectivity index (χ0) is 16.7. The normalized spacial score (nSPS) is 20.0. The molecule has 1 aliphatic heterocycles. The van der Waals surface area contributed by atoms with Gasteiger partial charge in [-0.15, -0.1) is 11.3 Å². The van der Waals surface area contributed by atoms with E-state index in [1.165, 1.54) is 33.6 Å². The molecule has 1 amide bonds. The van der Waals surface area contributed by atoms with E-state index in [9.17, 15) is 4.79 Å². The maximum absolute atomic E-state index is 11.1. The molecule has 0 radical (unpaired) electrons. The Labute approximate surface area is 144 Å². The van der Waals surface area contributed by atoms with Gasteiger partial charge in [0.1, 0.15) is 17.0 Å². The number of amides is 1. The molecule has 3 heterocycles. The quantitative estimate of drug-likeness (QED) is 0.870. The second kappa shape index (κ2) is 5.88. The fraction of sp³-hybridized carbons (Fsp3) is 0.588. The number of hydrogen-bond acceptors (Lipinski definition) is 5. The molecule has 128 valence electrons. The maximum Gasteiger partial charge on any atom is 0.407 e. The molecule has 0 saturated carbocycles. The van der Waals surface area contributed by atoms with E-state index in [4.69, 9.17) is 5.11 Å². The lowest BCUT2D eigenvalue weighted by Gasteiger charge is -2.39. The monoisotopic (exact) mass is 346 g/mol. The van der Waals surface area contributed by atoms with Crippen LogP contribution in [0.2, 0.25) is 0 Å². The summed E-state index contributed by atoms with van der Waals surface area (Å²) in [6, 6.07) is 0. The molecule has 0 atom stereocenters. The van der Waals surface area contributed by atoms with E-state index in [1.807, 2.05) is 0 Å². The molecule has 24 heavy (non-hydrogen) atoms. The number of fused-ring (bicyclic) bond motifs is 3. The van der Waals surface area contributed by atoms with Crippen molar-refractivity contribution in [3.8, 4) is 0 Å². The molecular weight excluding hydrogens is 324 g/mol. The second-order valence-electron chi connectivity index (χ2n) is 7.07. The van der Waals surface area contributed by atoms with Gasteiger partial charge in [-0.2, -0.15) is 0 Å². The first kappa shape index (κ1) is 15.6. The van der Waals surface area contributed by atoms with Crippen LogP contribution >= 0.6 is 11.3 Å². The lowest BCUT2D eigenvalue weighted by molar-refractivity contribution is 0.124. The van der Waals surface area contributed by atoms with Crippen LogP contribution in [-0.2, 0) is 12.8 Å². The van der Waals surface area contributed by atoms with Crippen molar-refractivity contribution in [2.75, 3.05) is 18.4 Å². The molecule has 1 saturated heterocycles. The van der Waals surface area contributed by atoms with Gasteiger partial charge in [0.25, 0.3) is 0 Å². The van der Waals surface area contributed by atoms with Crippen LogP contribution in [0.25, 0.3) is 10.2 Å². The van der Waals surface area contributed by atoms with Gasteiger partial charge in [0.2, 0.25) is 0 Å². The largest absolute Gasteiger partial charge is 0.465 e. The van der Waals surface area contributed by atoms with Crippen LogP contribution in [0.5, 0.6) is 0 Å². The molecule has 1 fully saturated rings. The number of aromatic nitrogens is 2. The van der Waals surface area contributed by atoms with Gasteiger partial charge in [0, 0.05) is 23.5 Å². The van der Waals surface area contributed by atoms with E-state index in [2.05, 4.69) is 22.2 Å². The number of piperidine rings is 1. The van der Waals surface area contributed by atoms with Crippen LogP contribution in [0.3, 0.4) is 0 Å². The van der Waals surface area contributed by atoms with Crippen molar-refractivity contribution in [2.24, 2.45) is 0 Å². The van der Waals surface area contributed by atoms with E-state index in [-0.39, 0.29) is 5.54 Å². The standard InChI is InChI=1S/C17H22N4O2S/c1-17(6-8-21(9-7-17)16(22)23)20-14-13-11-4-2-3-5-12(11)24-15(13)19-10-18-14/h10H,2-9H2,1H3,(H,22,23)(H,18,19,20). The molecule has 2 aromatic heterocycles. The minimum absolute atomic E-state index is 0.128. The van der Waals surface area contributed by atoms with Crippen molar-refractivity contribution in [3.05, 3.63) is 16.8 Å². The van der Waals surface area contributed by atoms with E-state index in [0.717, 1.165) is 36.3 Å². The van der Waals surface area contributed by atoms with Gasteiger partial charge in [-0.25, -0.2) is 14.8 Å². The SMILES string of the molecule is CC1(Nc2ncnc3sc4c(c23)CCCC4)CCN(C(=O)O)CC1. The number of aryl methyl sites for hydroxylation is 2. The van der Waals surface area contributed by atoms with E-state index in [0.29, 0.717) is 13.1 Å². The Hall–Kier alpha value is -1.89. The van der Waals surface area contributed by atoms with Crippen LogP contribution in [0.4, 0.5) is 10.6 Å². The molecule has 0 spiro atoms. The molecule has 1 aliphatic carbocycles. The highest BCUT2D eigenvalue weighted by Crippen LogP contribution is 2.39. The second-order valence-corrected chi connectivity index (χ2v) is 8.15. The van der Waals surface area contributed by atoms with E-state index in [1.54, 1.807) is 17.7 Å². The number of nitrogens with zero attached hydrogens (tertiary/aromatic N) is 3. The van der Waals surface area contributed by atoms with Gasteiger partial charge in [-0.3, -0.25) is 0 Å². The zero-order valence-corrected chi connectivity index (χ0v) is 14.7. The van der Waals surface area contributed by atoms with Crippen molar-refractivity contribution in [2.45, 2.75) is 51.0 Å². The first-order valence-corrected chi connectivity index (χ1v) is 9.39. The number of carboxylic acid groups (broad SMARTS) is 1. The average molecular weight is 346 g/mol. The molecule has 4 rings (SSSR count). The third-order valence-corrected chi connectivity index (χ3v) is 6.51. The summed E-state index contributed by atoms with van der Waals surface area (Å²) in [5.41, 5.74) is 1.30. The summed E-state index contributed by atoms with van der Waals surface area (Å²) in [5, 5.41) is 14.0. The van der Waals surface area contributed by atoms with E-state index < -0.39 is 6.09 Å². The number of nitrogens with one attached hydrogen (secondary N) is 1. The fourth-order valence-corrected chi connectivity index (χ4v) is 5.02. The minimum atomic E-state index is -0.826. The average Bonchev–Trinajstić information content (AvgIpc) is 2.94. The van der Waals surface area contributed by atoms with Gasteiger partial charge < -0.3 is 15.3 Å². The summed E-state index contributed by atoms with van der Waals surface area (Å²) < 4.78 is 0. The first-order valence-electron chi connectivity index (χ1n) is 8.57. The van der Waals surface area contributed by atoms with Crippen LogP contribution in [0.1, 0.15) is 43.0 Å². The lowest BCUT2D eigenvalue weighted by Crippen LogP contribution is -2.48. The van der Waals surface area contributed by atoms with E-state index >= 15 is 0 Å². The molecule has 2 N–H and O–H groups in total. The summed E-state index contributed by atoms with van der Waals surface area (Å²) in [6.07, 6.45) is 7.16. The highest BCUT2D eigenvalue weighted by molar-refractivity contribution is 7.19. The van der Waals surface area contributed by atoms with Crippen molar-refractivity contribution in [1.82, 2.24) is 14.9 Å². The minimum Gasteiger partial charge on any atom is -0.465 e. The van der Waals surface area contributed by atoms with Crippen molar-refractivity contribution < 1.29 is 9.90 Å². The molecule has 7 heteroatoms. The van der Waals surface area contributed by atoms with Gasteiger partial charge in [0.15, 0.2) is 0 Å². The summed E-state index contributed by atoms with van der Waals surface area (Å²) in [7, 11) is 0. The number of anilines is 1. The Morgan fingerprint density at radius 3 is 2.79 bits per heavy atom. The van der Waals surface area contributed by atoms with Crippen molar-refractivity contribution in [3.63, 3.8) is 0 Å². The Balaban J connectivity index is 1.63. The lowest BCUT2D eigenvalue weighted by atomic mass is 9.89. The predicted octanol–water partition coefficient (Wildman–Crippen LogP) is 3.51. The molecule has 2 aliphatic rings. The fourth-order valence-electron chi connectivity index (χ4n) is 3.79. The van der Waals surface area contributed by atoms with Crippen LogP contribution < -0.4 is 5.32 Å². The predicted molar refractivity (Wildman–Crippen MR) is 94.9 cm³/mol. The summed E-state index contributed by atoms with van der Waals surface area (Å²) >= 11 is 1.80. The Bertz CT molecular complexity index is 780. The zero-order valence-electron chi connectivity index (χ0n) is 13.8. The van der Waals surface area contributed by atoms with Gasteiger partial charge >= 0.3 is 6.09 Å². The molecule has 6 nitrogen and oxygen atoms in total. The Morgan fingerprint density at radius 2 is 2.04 bits per heavy atom. The van der Waals surface area contributed by atoms with Crippen LogP contribution in [-0.4, -0.2) is 44.7 Å². The summed E-state index contributed by atoms with van der Waals surface area (Å²) in [4.78, 5) is 24.2. The third-order valence-electron chi connectivity index (χ3n) is 5.31. The number of likely N-dealkylation sites (tertiary alicyclic amines) is 1. The number of thiophene rings is 1. The number of carbonyl (C=O) groups is 1.